The van der Waals surface area contributed by atoms with E-state index >= 15 is 0 Å². The highest BCUT2D eigenvalue weighted by Crippen LogP contribution is 2.23. The van der Waals surface area contributed by atoms with Crippen molar-refractivity contribution in [1.82, 2.24) is 0 Å². The summed E-state index contributed by atoms with van der Waals surface area (Å²) in [5, 5.41) is 0. The maximum absolute atomic E-state index is 5.91. The van der Waals surface area contributed by atoms with Gasteiger partial charge in [-0.2, -0.15) is 0 Å². The van der Waals surface area contributed by atoms with E-state index in [1.54, 1.807) is 0 Å². The molecule has 3 rings (SSSR count). The third-order valence-electron chi connectivity index (χ3n) is 2.93. The Bertz CT molecular complexity index is 561. The average molecular weight is 207 g/mol. The number of para-hydroxylation sites is 1. The summed E-state index contributed by atoms with van der Waals surface area (Å²) in [6, 6.07) is 12.4. The first kappa shape index (κ1) is 9.53. The summed E-state index contributed by atoms with van der Waals surface area (Å²) in [5.41, 5.74) is 4.86. The first-order valence-electron chi connectivity index (χ1n) is 5.47. The quantitative estimate of drug-likeness (QED) is 0.512. The molecular weight excluding hydrogens is 195 g/mol. The van der Waals surface area contributed by atoms with Gasteiger partial charge in [0.05, 0.1) is 0 Å². The largest absolute Gasteiger partial charge is 0.459 e. The summed E-state index contributed by atoms with van der Waals surface area (Å²) in [6.45, 7) is 4.22. The molecule has 0 spiro atoms. The molecule has 1 heterocycles. The summed E-state index contributed by atoms with van der Waals surface area (Å²) in [4.78, 5) is 0. The van der Waals surface area contributed by atoms with Crippen LogP contribution in [-0.2, 0) is 0 Å². The smallest absolute Gasteiger partial charge is 0.201 e. The lowest BCUT2D eigenvalue weighted by Gasteiger charge is -2.21. The lowest BCUT2D eigenvalue weighted by atomic mass is 9.60. The molecule has 77 valence electrons. The van der Waals surface area contributed by atoms with Crippen molar-refractivity contribution >= 4 is 18.2 Å². The van der Waals surface area contributed by atoms with Crippen LogP contribution in [-0.4, -0.2) is 7.28 Å². The highest BCUT2D eigenvalue weighted by atomic mass is 16.5. The first-order valence-corrected chi connectivity index (χ1v) is 5.47. The van der Waals surface area contributed by atoms with Gasteiger partial charge in [0.2, 0.25) is 7.28 Å². The number of rotatable bonds is 0. The van der Waals surface area contributed by atoms with Crippen LogP contribution in [0, 0.1) is 13.8 Å². The molecule has 2 heteroatoms. The van der Waals surface area contributed by atoms with Gasteiger partial charge in [-0.25, -0.2) is 0 Å². The van der Waals surface area contributed by atoms with Crippen LogP contribution in [0.15, 0.2) is 36.4 Å². The van der Waals surface area contributed by atoms with E-state index in [2.05, 4.69) is 39.3 Å². The molecule has 16 heavy (non-hydrogen) atoms. The molecule has 0 unspecified atom stereocenters. The lowest BCUT2D eigenvalue weighted by Crippen LogP contribution is -2.35. The van der Waals surface area contributed by atoms with Crippen LogP contribution >= 0.6 is 0 Å². The van der Waals surface area contributed by atoms with Crippen LogP contribution in [0.2, 0.25) is 0 Å². The van der Waals surface area contributed by atoms with E-state index in [4.69, 9.17) is 4.74 Å². The molecular formula is C14H12BO. The highest BCUT2D eigenvalue weighted by Gasteiger charge is 2.19. The van der Waals surface area contributed by atoms with Crippen LogP contribution in [0.5, 0.6) is 11.5 Å². The highest BCUT2D eigenvalue weighted by molar-refractivity contribution is 6.70. The van der Waals surface area contributed by atoms with Gasteiger partial charge in [0, 0.05) is 0 Å². The number of benzene rings is 2. The second-order valence-electron chi connectivity index (χ2n) is 4.28. The van der Waals surface area contributed by atoms with E-state index in [0.29, 0.717) is 0 Å². The number of ether oxygens (including phenoxy) is 1. The van der Waals surface area contributed by atoms with E-state index in [-0.39, 0.29) is 0 Å². The van der Waals surface area contributed by atoms with Gasteiger partial charge in [-0.15, -0.1) is 0 Å². The van der Waals surface area contributed by atoms with Crippen molar-refractivity contribution in [3.8, 4) is 11.5 Å². The molecule has 1 aliphatic rings. The van der Waals surface area contributed by atoms with Gasteiger partial charge in [-0.05, 0) is 42.5 Å². The Hall–Kier alpha value is -1.70. The minimum Gasteiger partial charge on any atom is -0.459 e. The van der Waals surface area contributed by atoms with Crippen molar-refractivity contribution < 1.29 is 4.74 Å². The fourth-order valence-corrected chi connectivity index (χ4v) is 2.18. The van der Waals surface area contributed by atoms with Crippen molar-refractivity contribution in [2.75, 3.05) is 0 Å². The van der Waals surface area contributed by atoms with Gasteiger partial charge in [-0.1, -0.05) is 29.8 Å². The van der Waals surface area contributed by atoms with Crippen molar-refractivity contribution in [2.45, 2.75) is 13.8 Å². The lowest BCUT2D eigenvalue weighted by molar-refractivity contribution is 0.487. The molecule has 2 aromatic rings. The van der Waals surface area contributed by atoms with Crippen LogP contribution < -0.4 is 15.7 Å². The second-order valence-corrected chi connectivity index (χ2v) is 4.28. The average Bonchev–Trinajstić information content (AvgIpc) is 2.27. The molecule has 0 atom stereocenters. The minimum absolute atomic E-state index is 0.944. The van der Waals surface area contributed by atoms with Gasteiger partial charge >= 0.3 is 0 Å². The van der Waals surface area contributed by atoms with E-state index in [1.807, 2.05) is 18.2 Å². The number of hydrogen-bond acceptors (Lipinski definition) is 1. The fraction of sp³-hybridized carbons (Fsp3) is 0.143. The van der Waals surface area contributed by atoms with Gasteiger partial charge in [0.15, 0.2) is 0 Å². The van der Waals surface area contributed by atoms with E-state index in [9.17, 15) is 0 Å². The first-order chi connectivity index (χ1) is 7.74. The Balaban J connectivity index is 2.15. The Morgan fingerprint density at radius 2 is 1.81 bits per heavy atom. The van der Waals surface area contributed by atoms with Crippen LogP contribution in [0.4, 0.5) is 0 Å². The maximum atomic E-state index is 5.91. The normalized spacial score (nSPS) is 12.1. The summed E-state index contributed by atoms with van der Waals surface area (Å²) in [5.74, 6) is 1.91. The zero-order valence-corrected chi connectivity index (χ0v) is 9.45. The molecule has 0 saturated heterocycles. The molecule has 1 radical (unpaired) electrons. The maximum Gasteiger partial charge on any atom is 0.201 e. The third kappa shape index (κ3) is 1.42. The molecule has 0 aromatic heterocycles. The van der Waals surface area contributed by atoms with E-state index in [1.165, 1.54) is 16.6 Å². The Morgan fingerprint density at radius 3 is 2.69 bits per heavy atom. The fourth-order valence-electron chi connectivity index (χ4n) is 2.18. The molecule has 0 aliphatic carbocycles. The Labute approximate surface area is 96.3 Å². The molecule has 0 fully saturated rings. The Morgan fingerprint density at radius 1 is 1.00 bits per heavy atom. The van der Waals surface area contributed by atoms with Crippen LogP contribution in [0.1, 0.15) is 11.1 Å². The molecule has 0 N–H and O–H groups in total. The van der Waals surface area contributed by atoms with Crippen molar-refractivity contribution in [1.29, 1.82) is 0 Å². The molecule has 0 amide bonds. The zero-order chi connectivity index (χ0) is 11.1. The Kier molecular flexibility index (Phi) is 2.03. The monoisotopic (exact) mass is 207 g/mol. The molecule has 2 aromatic carbocycles. The predicted molar refractivity (Wildman–Crippen MR) is 67.5 cm³/mol. The summed E-state index contributed by atoms with van der Waals surface area (Å²) >= 11 is 0. The van der Waals surface area contributed by atoms with Crippen LogP contribution in [0.25, 0.3) is 0 Å². The van der Waals surface area contributed by atoms with E-state index in [0.717, 1.165) is 17.0 Å². The van der Waals surface area contributed by atoms with Gasteiger partial charge < -0.3 is 4.74 Å². The summed E-state index contributed by atoms with van der Waals surface area (Å²) in [7, 11) is 2.20. The standard InChI is InChI=1S/C14H12BO/c1-9-7-10(2)14-13(8-9)16-12-6-4-3-5-11(12)15-14/h3-8H,1-2H3. The molecule has 1 nitrogen and oxygen atoms in total. The minimum atomic E-state index is 0.944. The summed E-state index contributed by atoms with van der Waals surface area (Å²) < 4.78 is 5.91. The number of fused-ring (bicyclic) bond motifs is 2. The number of aryl methyl sites for hydroxylation is 2. The predicted octanol–water partition coefficient (Wildman–Crippen LogP) is 2.06. The molecule has 1 aliphatic heterocycles. The van der Waals surface area contributed by atoms with Crippen molar-refractivity contribution in [3.05, 3.63) is 47.5 Å². The van der Waals surface area contributed by atoms with E-state index < -0.39 is 0 Å². The van der Waals surface area contributed by atoms with Crippen molar-refractivity contribution in [2.24, 2.45) is 0 Å². The number of hydrogen-bond donors (Lipinski definition) is 0. The SMILES string of the molecule is Cc1cc(C)c2c(c1)Oc1ccccc1[B]2. The van der Waals surface area contributed by atoms with Gasteiger partial charge in [-0.3, -0.25) is 0 Å². The molecule has 0 saturated carbocycles. The van der Waals surface area contributed by atoms with Crippen LogP contribution in [0.3, 0.4) is 0 Å². The molecule has 0 bridgehead atoms. The summed E-state index contributed by atoms with van der Waals surface area (Å²) in [6.07, 6.45) is 0. The van der Waals surface area contributed by atoms with Gasteiger partial charge in [0.25, 0.3) is 0 Å². The third-order valence-corrected chi connectivity index (χ3v) is 2.93. The van der Waals surface area contributed by atoms with Gasteiger partial charge in [0.1, 0.15) is 11.5 Å². The van der Waals surface area contributed by atoms with Crippen molar-refractivity contribution in [3.63, 3.8) is 0 Å². The topological polar surface area (TPSA) is 9.23 Å². The second kappa shape index (κ2) is 3.41. The zero-order valence-electron chi connectivity index (χ0n) is 9.45.